The Morgan fingerprint density at radius 1 is 1.07 bits per heavy atom. The normalized spacial score (nSPS) is 12.6. The highest BCUT2D eigenvalue weighted by Crippen LogP contribution is 2.17. The summed E-state index contributed by atoms with van der Waals surface area (Å²) in [6.07, 6.45) is 0.818. The summed E-state index contributed by atoms with van der Waals surface area (Å²) in [4.78, 5) is 27.3. The van der Waals surface area contributed by atoms with Gasteiger partial charge in [0.2, 0.25) is 5.91 Å². The van der Waals surface area contributed by atoms with E-state index < -0.39 is 6.04 Å². The number of nitrogens with one attached hydrogen (secondary N) is 1. The van der Waals surface area contributed by atoms with Crippen molar-refractivity contribution in [2.24, 2.45) is 0 Å². The molecule has 2 rings (SSSR count). The summed E-state index contributed by atoms with van der Waals surface area (Å²) in [6, 6.07) is 14.4. The van der Waals surface area contributed by atoms with E-state index in [1.165, 1.54) is 0 Å². The number of amides is 2. The Morgan fingerprint density at radius 2 is 1.77 bits per heavy atom. The number of carbonyl (C=O) groups is 2. The Kier molecular flexibility index (Phi) is 8.71. The van der Waals surface area contributed by atoms with Gasteiger partial charge in [0.15, 0.2) is 6.61 Å². The number of hydrogen-bond acceptors (Lipinski definition) is 4. The maximum absolute atomic E-state index is 13.0. The van der Waals surface area contributed by atoms with Crippen LogP contribution in [0.2, 0.25) is 0 Å². The van der Waals surface area contributed by atoms with Crippen LogP contribution in [0.5, 0.6) is 11.5 Å². The Labute approximate surface area is 179 Å². The Morgan fingerprint density at radius 3 is 2.40 bits per heavy atom. The van der Waals surface area contributed by atoms with Crippen molar-refractivity contribution in [2.45, 2.75) is 52.7 Å². The van der Waals surface area contributed by atoms with Gasteiger partial charge in [0, 0.05) is 12.6 Å². The molecule has 2 atom stereocenters. The fourth-order valence-corrected chi connectivity index (χ4v) is 2.88. The SMILES string of the molecule is CC[C@@H](C)NC(=O)[C@H](C)N(Cc1cccc(OC)c1)C(=O)COc1ccc(C)cc1. The Bertz CT molecular complexity index is 835. The van der Waals surface area contributed by atoms with Crippen LogP contribution in [-0.2, 0) is 16.1 Å². The topological polar surface area (TPSA) is 67.9 Å². The van der Waals surface area contributed by atoms with Gasteiger partial charge in [-0.2, -0.15) is 0 Å². The second-order valence-corrected chi connectivity index (χ2v) is 7.47. The van der Waals surface area contributed by atoms with E-state index in [9.17, 15) is 9.59 Å². The van der Waals surface area contributed by atoms with Crippen LogP contribution in [0, 0.1) is 6.92 Å². The molecule has 0 fully saturated rings. The summed E-state index contributed by atoms with van der Waals surface area (Å²) in [7, 11) is 1.60. The molecule has 0 unspecified atom stereocenters. The average molecular weight is 413 g/mol. The van der Waals surface area contributed by atoms with Crippen molar-refractivity contribution >= 4 is 11.8 Å². The zero-order chi connectivity index (χ0) is 22.1. The summed E-state index contributed by atoms with van der Waals surface area (Å²) in [5, 5.41) is 2.95. The van der Waals surface area contributed by atoms with Crippen molar-refractivity contribution in [1.82, 2.24) is 10.2 Å². The highest BCUT2D eigenvalue weighted by atomic mass is 16.5. The van der Waals surface area contributed by atoms with Crippen molar-refractivity contribution in [3.63, 3.8) is 0 Å². The minimum absolute atomic E-state index is 0.0394. The maximum atomic E-state index is 13.0. The zero-order valence-corrected chi connectivity index (χ0v) is 18.5. The molecular formula is C24H32N2O4. The molecular weight excluding hydrogens is 380 g/mol. The molecule has 2 aromatic carbocycles. The number of nitrogens with zero attached hydrogens (tertiary/aromatic N) is 1. The summed E-state index contributed by atoms with van der Waals surface area (Å²) in [5.74, 6) is 0.876. The van der Waals surface area contributed by atoms with Crippen LogP contribution in [0.3, 0.4) is 0 Å². The number of rotatable bonds is 10. The van der Waals surface area contributed by atoms with E-state index >= 15 is 0 Å². The number of benzene rings is 2. The number of hydrogen-bond donors (Lipinski definition) is 1. The molecule has 0 aliphatic heterocycles. The van der Waals surface area contributed by atoms with Gasteiger partial charge in [-0.15, -0.1) is 0 Å². The van der Waals surface area contributed by atoms with E-state index in [1.54, 1.807) is 18.9 Å². The van der Waals surface area contributed by atoms with E-state index in [1.807, 2.05) is 69.3 Å². The number of ether oxygens (including phenoxy) is 2. The predicted molar refractivity (Wildman–Crippen MR) is 118 cm³/mol. The van der Waals surface area contributed by atoms with Gasteiger partial charge in [-0.3, -0.25) is 9.59 Å². The van der Waals surface area contributed by atoms with Gasteiger partial charge in [0.25, 0.3) is 5.91 Å². The molecule has 0 aromatic heterocycles. The third-order valence-electron chi connectivity index (χ3n) is 5.04. The summed E-state index contributed by atoms with van der Waals surface area (Å²) in [5.41, 5.74) is 1.99. The van der Waals surface area contributed by atoms with Gasteiger partial charge < -0.3 is 19.7 Å². The fourth-order valence-electron chi connectivity index (χ4n) is 2.88. The average Bonchev–Trinajstić information content (AvgIpc) is 2.76. The molecule has 2 aromatic rings. The number of methoxy groups -OCH3 is 1. The molecule has 0 aliphatic carbocycles. The maximum Gasteiger partial charge on any atom is 0.261 e. The first-order valence-electron chi connectivity index (χ1n) is 10.3. The molecule has 0 radical (unpaired) electrons. The molecule has 0 spiro atoms. The lowest BCUT2D eigenvalue weighted by Crippen LogP contribution is -2.50. The van der Waals surface area contributed by atoms with Gasteiger partial charge in [0.1, 0.15) is 17.5 Å². The third-order valence-corrected chi connectivity index (χ3v) is 5.04. The molecule has 30 heavy (non-hydrogen) atoms. The molecule has 0 aliphatic rings. The smallest absolute Gasteiger partial charge is 0.261 e. The lowest BCUT2D eigenvalue weighted by molar-refractivity contribution is -0.142. The molecule has 2 amide bonds. The van der Waals surface area contributed by atoms with Gasteiger partial charge in [-0.25, -0.2) is 0 Å². The molecule has 6 nitrogen and oxygen atoms in total. The lowest BCUT2D eigenvalue weighted by atomic mass is 10.1. The van der Waals surface area contributed by atoms with Crippen LogP contribution in [0.25, 0.3) is 0 Å². The second-order valence-electron chi connectivity index (χ2n) is 7.47. The van der Waals surface area contributed by atoms with Gasteiger partial charge in [0.05, 0.1) is 7.11 Å². The van der Waals surface area contributed by atoms with E-state index in [-0.39, 0.29) is 31.0 Å². The molecule has 0 saturated heterocycles. The molecule has 0 bridgehead atoms. The van der Waals surface area contributed by atoms with Crippen LogP contribution in [0.15, 0.2) is 48.5 Å². The first kappa shape index (κ1) is 23.3. The highest BCUT2D eigenvalue weighted by molar-refractivity contribution is 5.88. The predicted octanol–water partition coefficient (Wildman–Crippen LogP) is 3.71. The minimum atomic E-state index is -0.640. The molecule has 1 N–H and O–H groups in total. The fraction of sp³-hybridized carbons (Fsp3) is 0.417. The van der Waals surface area contributed by atoms with Crippen molar-refractivity contribution in [2.75, 3.05) is 13.7 Å². The summed E-state index contributed by atoms with van der Waals surface area (Å²) >= 11 is 0. The first-order chi connectivity index (χ1) is 14.3. The summed E-state index contributed by atoms with van der Waals surface area (Å²) in [6.45, 7) is 7.81. The Hall–Kier alpha value is -3.02. The van der Waals surface area contributed by atoms with E-state index in [2.05, 4.69) is 5.32 Å². The van der Waals surface area contributed by atoms with Crippen LogP contribution in [-0.4, -0.2) is 42.5 Å². The molecule has 162 valence electrons. The second kappa shape index (κ2) is 11.2. The third kappa shape index (κ3) is 6.79. The first-order valence-corrected chi connectivity index (χ1v) is 10.3. The quantitative estimate of drug-likeness (QED) is 0.646. The molecule has 0 heterocycles. The van der Waals surface area contributed by atoms with Gasteiger partial charge in [-0.1, -0.05) is 36.8 Å². The molecule has 0 saturated carbocycles. The van der Waals surface area contributed by atoms with Gasteiger partial charge in [-0.05, 0) is 57.0 Å². The van der Waals surface area contributed by atoms with Crippen molar-refractivity contribution in [3.05, 3.63) is 59.7 Å². The minimum Gasteiger partial charge on any atom is -0.497 e. The van der Waals surface area contributed by atoms with Crippen molar-refractivity contribution < 1.29 is 19.1 Å². The monoisotopic (exact) mass is 412 g/mol. The van der Waals surface area contributed by atoms with Crippen LogP contribution < -0.4 is 14.8 Å². The van der Waals surface area contributed by atoms with E-state index in [4.69, 9.17) is 9.47 Å². The highest BCUT2D eigenvalue weighted by Gasteiger charge is 2.27. The Balaban J connectivity index is 2.16. The van der Waals surface area contributed by atoms with Crippen LogP contribution in [0.1, 0.15) is 38.3 Å². The summed E-state index contributed by atoms with van der Waals surface area (Å²) < 4.78 is 11.0. The standard InChI is InChI=1S/C24H32N2O4/c1-6-18(3)25-24(28)19(4)26(15-20-8-7-9-22(14-20)29-5)23(27)16-30-21-12-10-17(2)11-13-21/h7-14,18-19H,6,15-16H2,1-5H3,(H,25,28)/t18-,19+/m1/s1. The van der Waals surface area contributed by atoms with Crippen LogP contribution >= 0.6 is 0 Å². The van der Waals surface area contributed by atoms with Crippen molar-refractivity contribution in [3.8, 4) is 11.5 Å². The van der Waals surface area contributed by atoms with Crippen LogP contribution in [0.4, 0.5) is 0 Å². The zero-order valence-electron chi connectivity index (χ0n) is 18.5. The van der Waals surface area contributed by atoms with Crippen molar-refractivity contribution in [1.29, 1.82) is 0 Å². The lowest BCUT2D eigenvalue weighted by Gasteiger charge is -2.29. The van der Waals surface area contributed by atoms with E-state index in [0.717, 1.165) is 17.5 Å². The molecule has 6 heteroatoms. The number of aryl methyl sites for hydroxylation is 1. The largest absolute Gasteiger partial charge is 0.497 e. The van der Waals surface area contributed by atoms with Gasteiger partial charge >= 0.3 is 0 Å². The van der Waals surface area contributed by atoms with E-state index in [0.29, 0.717) is 11.5 Å². The number of carbonyl (C=O) groups excluding carboxylic acids is 2.